The van der Waals surface area contributed by atoms with Crippen LogP contribution in [0, 0.1) is 0 Å². The van der Waals surface area contributed by atoms with Crippen molar-refractivity contribution in [2.75, 3.05) is 0 Å². The van der Waals surface area contributed by atoms with Crippen molar-refractivity contribution in [3.05, 3.63) is 93.1 Å². The number of hydrogen-bond acceptors (Lipinski definition) is 2. The highest BCUT2D eigenvalue weighted by Crippen LogP contribution is 2.26. The van der Waals surface area contributed by atoms with Crippen LogP contribution in [-0.2, 0) is 0 Å². The number of thiophene rings is 1. The highest BCUT2D eigenvalue weighted by Gasteiger charge is 2.18. The molecule has 1 N–H and O–H groups in total. The Morgan fingerprint density at radius 3 is 2.50 bits per heavy atom. The molecule has 1 aromatic heterocycles. The predicted octanol–water partition coefficient (Wildman–Crippen LogP) is 4.92. The Kier molecular flexibility index (Phi) is 4.56. The van der Waals surface area contributed by atoms with Gasteiger partial charge in [0.2, 0.25) is 0 Å². The van der Waals surface area contributed by atoms with Crippen molar-refractivity contribution < 1.29 is 4.79 Å². The number of hydrogen-bond donors (Lipinski definition) is 1. The van der Waals surface area contributed by atoms with Crippen LogP contribution in [-0.4, -0.2) is 5.91 Å². The third-order valence-electron chi connectivity index (χ3n) is 3.32. The molecule has 4 heteroatoms. The molecule has 3 rings (SSSR count). The lowest BCUT2D eigenvalue weighted by atomic mass is 10.0. The monoisotopic (exact) mass is 327 g/mol. The van der Waals surface area contributed by atoms with Gasteiger partial charge in [0.15, 0.2) is 0 Å². The first-order valence-corrected chi connectivity index (χ1v) is 8.14. The fourth-order valence-electron chi connectivity index (χ4n) is 2.26. The van der Waals surface area contributed by atoms with Gasteiger partial charge in [0.25, 0.3) is 5.91 Å². The summed E-state index contributed by atoms with van der Waals surface area (Å²) in [6, 6.07) is 20.8. The van der Waals surface area contributed by atoms with Crippen LogP contribution in [0.2, 0.25) is 5.02 Å². The molecule has 0 aliphatic heterocycles. The molecule has 0 saturated heterocycles. The molecule has 0 aliphatic carbocycles. The van der Waals surface area contributed by atoms with Gasteiger partial charge in [-0.2, -0.15) is 0 Å². The Morgan fingerprint density at radius 1 is 1.00 bits per heavy atom. The van der Waals surface area contributed by atoms with Crippen LogP contribution in [0.3, 0.4) is 0 Å². The van der Waals surface area contributed by atoms with Crippen molar-refractivity contribution in [2.24, 2.45) is 0 Å². The molecule has 2 aromatic carbocycles. The SMILES string of the molecule is O=C(N[C@@H](c1ccccc1)c1cccs1)c1cccc(Cl)c1. The van der Waals surface area contributed by atoms with Crippen LogP contribution in [0.1, 0.15) is 26.8 Å². The second-order valence-electron chi connectivity index (χ2n) is 4.84. The number of benzene rings is 2. The van der Waals surface area contributed by atoms with E-state index < -0.39 is 0 Å². The minimum Gasteiger partial charge on any atom is -0.340 e. The fraction of sp³-hybridized carbons (Fsp3) is 0.0556. The molecule has 0 radical (unpaired) electrons. The fourth-order valence-corrected chi connectivity index (χ4v) is 3.26. The second-order valence-corrected chi connectivity index (χ2v) is 6.26. The van der Waals surface area contributed by atoms with E-state index in [1.807, 2.05) is 47.8 Å². The summed E-state index contributed by atoms with van der Waals surface area (Å²) >= 11 is 7.59. The van der Waals surface area contributed by atoms with E-state index in [-0.39, 0.29) is 11.9 Å². The van der Waals surface area contributed by atoms with Crippen molar-refractivity contribution in [1.29, 1.82) is 0 Å². The zero-order valence-electron chi connectivity index (χ0n) is 11.7. The number of halogens is 1. The third kappa shape index (κ3) is 3.38. The van der Waals surface area contributed by atoms with E-state index in [1.54, 1.807) is 35.6 Å². The van der Waals surface area contributed by atoms with Crippen molar-refractivity contribution >= 4 is 28.8 Å². The highest BCUT2D eigenvalue weighted by molar-refractivity contribution is 7.10. The summed E-state index contributed by atoms with van der Waals surface area (Å²) in [4.78, 5) is 13.6. The van der Waals surface area contributed by atoms with Gasteiger partial charge in [0.1, 0.15) is 0 Å². The van der Waals surface area contributed by atoms with E-state index in [2.05, 4.69) is 5.32 Å². The number of carbonyl (C=O) groups excluding carboxylic acids is 1. The molecule has 0 bridgehead atoms. The lowest BCUT2D eigenvalue weighted by Crippen LogP contribution is -2.28. The Morgan fingerprint density at radius 2 is 1.82 bits per heavy atom. The van der Waals surface area contributed by atoms with Gasteiger partial charge in [-0.1, -0.05) is 54.1 Å². The second kappa shape index (κ2) is 6.77. The average Bonchev–Trinajstić information content (AvgIpc) is 3.07. The molecule has 0 spiro atoms. The van der Waals surface area contributed by atoms with E-state index in [9.17, 15) is 4.79 Å². The first-order chi connectivity index (χ1) is 10.7. The maximum Gasteiger partial charge on any atom is 0.252 e. The Balaban J connectivity index is 1.89. The van der Waals surface area contributed by atoms with Crippen molar-refractivity contribution in [3.8, 4) is 0 Å². The zero-order valence-corrected chi connectivity index (χ0v) is 13.3. The number of carbonyl (C=O) groups is 1. The molecular formula is C18H14ClNOS. The number of amides is 1. The normalized spacial score (nSPS) is 11.9. The Hall–Kier alpha value is -2.10. The minimum absolute atomic E-state index is 0.134. The average molecular weight is 328 g/mol. The molecule has 22 heavy (non-hydrogen) atoms. The smallest absolute Gasteiger partial charge is 0.252 e. The maximum atomic E-state index is 12.5. The molecule has 0 aliphatic rings. The van der Waals surface area contributed by atoms with E-state index >= 15 is 0 Å². The lowest BCUT2D eigenvalue weighted by Gasteiger charge is -2.18. The zero-order chi connectivity index (χ0) is 15.4. The van der Waals surface area contributed by atoms with E-state index in [0.29, 0.717) is 10.6 Å². The molecule has 110 valence electrons. The topological polar surface area (TPSA) is 29.1 Å². The summed E-state index contributed by atoms with van der Waals surface area (Å²) in [7, 11) is 0. The summed E-state index contributed by atoms with van der Waals surface area (Å²) in [5, 5.41) is 5.66. The van der Waals surface area contributed by atoms with Crippen molar-refractivity contribution in [1.82, 2.24) is 5.32 Å². The van der Waals surface area contributed by atoms with Crippen LogP contribution >= 0.6 is 22.9 Å². The number of nitrogens with one attached hydrogen (secondary N) is 1. The summed E-state index contributed by atoms with van der Waals surface area (Å²) in [6.45, 7) is 0. The maximum absolute atomic E-state index is 12.5. The summed E-state index contributed by atoms with van der Waals surface area (Å²) in [6.07, 6.45) is 0. The molecule has 0 fully saturated rings. The molecular weight excluding hydrogens is 314 g/mol. The van der Waals surface area contributed by atoms with Gasteiger partial charge < -0.3 is 5.32 Å². The van der Waals surface area contributed by atoms with Crippen LogP contribution in [0.4, 0.5) is 0 Å². The van der Waals surface area contributed by atoms with E-state index in [1.165, 1.54) is 0 Å². The highest BCUT2D eigenvalue weighted by atomic mass is 35.5. The lowest BCUT2D eigenvalue weighted by molar-refractivity contribution is 0.0943. The summed E-state index contributed by atoms with van der Waals surface area (Å²) in [5.41, 5.74) is 1.62. The first-order valence-electron chi connectivity index (χ1n) is 6.89. The van der Waals surface area contributed by atoms with Gasteiger partial charge in [0.05, 0.1) is 6.04 Å². The minimum atomic E-state index is -0.160. The molecule has 1 atom stereocenters. The van der Waals surface area contributed by atoms with Gasteiger partial charge >= 0.3 is 0 Å². The van der Waals surface area contributed by atoms with Crippen LogP contribution < -0.4 is 5.32 Å². The van der Waals surface area contributed by atoms with Gasteiger partial charge in [-0.25, -0.2) is 0 Å². The van der Waals surface area contributed by atoms with Gasteiger partial charge in [0, 0.05) is 15.5 Å². The summed E-state index contributed by atoms with van der Waals surface area (Å²) < 4.78 is 0. The van der Waals surface area contributed by atoms with Crippen LogP contribution in [0.5, 0.6) is 0 Å². The molecule has 3 aromatic rings. The Bertz CT molecular complexity index is 756. The predicted molar refractivity (Wildman–Crippen MR) is 91.5 cm³/mol. The number of rotatable bonds is 4. The molecule has 2 nitrogen and oxygen atoms in total. The molecule has 0 saturated carbocycles. The molecule has 0 unspecified atom stereocenters. The van der Waals surface area contributed by atoms with Gasteiger partial charge in [-0.05, 0) is 35.2 Å². The Labute approximate surface area is 138 Å². The third-order valence-corrected chi connectivity index (χ3v) is 4.50. The van der Waals surface area contributed by atoms with Crippen LogP contribution in [0.25, 0.3) is 0 Å². The summed E-state index contributed by atoms with van der Waals surface area (Å²) in [5.74, 6) is -0.134. The van der Waals surface area contributed by atoms with E-state index in [4.69, 9.17) is 11.6 Å². The largest absolute Gasteiger partial charge is 0.340 e. The first kappa shape index (κ1) is 14.8. The van der Waals surface area contributed by atoms with Crippen molar-refractivity contribution in [3.63, 3.8) is 0 Å². The van der Waals surface area contributed by atoms with Gasteiger partial charge in [-0.15, -0.1) is 11.3 Å². The standard InChI is InChI=1S/C18H14ClNOS/c19-15-9-4-8-14(12-15)18(21)20-17(16-10-5-11-22-16)13-6-2-1-3-7-13/h1-12,17H,(H,20,21)/t17-/m0/s1. The van der Waals surface area contributed by atoms with Gasteiger partial charge in [-0.3, -0.25) is 4.79 Å². The van der Waals surface area contributed by atoms with E-state index in [0.717, 1.165) is 10.4 Å². The van der Waals surface area contributed by atoms with Crippen LogP contribution in [0.15, 0.2) is 72.1 Å². The quantitative estimate of drug-likeness (QED) is 0.724. The molecule has 1 amide bonds. The van der Waals surface area contributed by atoms with Crippen molar-refractivity contribution in [2.45, 2.75) is 6.04 Å². The molecule has 1 heterocycles.